The second-order valence-electron chi connectivity index (χ2n) is 2.94. The quantitative estimate of drug-likeness (QED) is 0.550. The maximum Gasteiger partial charge on any atom is 0.165 e. The highest BCUT2D eigenvalue weighted by Crippen LogP contribution is 2.14. The minimum Gasteiger partial charge on any atom is -0.381 e. The lowest BCUT2D eigenvalue weighted by molar-refractivity contribution is -0.112. The van der Waals surface area contributed by atoms with Crippen LogP contribution < -0.4 is 0 Å². The van der Waals surface area contributed by atoms with Crippen LogP contribution in [0.2, 0.25) is 0 Å². The number of hydrogen-bond donors (Lipinski definition) is 0. The monoisotopic (exact) mass is 232 g/mol. The van der Waals surface area contributed by atoms with Crippen LogP contribution in [0.3, 0.4) is 0 Å². The zero-order valence-electron chi connectivity index (χ0n) is 6.96. The molecule has 0 saturated carbocycles. The molecule has 3 heteroatoms. The minimum absolute atomic E-state index is 0.126. The molecule has 1 fully saturated rings. The van der Waals surface area contributed by atoms with Crippen LogP contribution >= 0.6 is 15.9 Å². The number of ketones is 1. The summed E-state index contributed by atoms with van der Waals surface area (Å²) in [4.78, 5) is 10.9. The Morgan fingerprint density at radius 3 is 3.08 bits per heavy atom. The Morgan fingerprint density at radius 2 is 2.50 bits per heavy atom. The van der Waals surface area contributed by atoms with Crippen molar-refractivity contribution in [1.29, 1.82) is 0 Å². The number of ether oxygens (including phenoxy) is 1. The highest BCUT2D eigenvalue weighted by atomic mass is 79.9. The summed E-state index contributed by atoms with van der Waals surface area (Å²) in [6, 6.07) is 0. The molecule has 0 radical (unpaired) electrons. The van der Waals surface area contributed by atoms with E-state index in [1.54, 1.807) is 6.08 Å². The van der Waals surface area contributed by atoms with E-state index in [2.05, 4.69) is 15.9 Å². The molecule has 12 heavy (non-hydrogen) atoms. The van der Waals surface area contributed by atoms with E-state index >= 15 is 0 Å². The van der Waals surface area contributed by atoms with E-state index in [-0.39, 0.29) is 5.78 Å². The first-order valence-corrected chi connectivity index (χ1v) is 5.30. The van der Waals surface area contributed by atoms with Crippen LogP contribution in [0.5, 0.6) is 0 Å². The third kappa shape index (κ3) is 3.50. The van der Waals surface area contributed by atoms with Gasteiger partial charge in [0.1, 0.15) is 0 Å². The molecule has 1 unspecified atom stereocenters. The Labute approximate surface area is 81.1 Å². The average Bonchev–Trinajstić information content (AvgIpc) is 2.16. The molecule has 0 amide bonds. The van der Waals surface area contributed by atoms with E-state index in [1.807, 2.05) is 6.08 Å². The maximum atomic E-state index is 10.9. The van der Waals surface area contributed by atoms with Crippen LogP contribution in [0.1, 0.15) is 12.8 Å². The van der Waals surface area contributed by atoms with E-state index < -0.39 is 0 Å². The number of alkyl halides is 1. The van der Waals surface area contributed by atoms with Gasteiger partial charge in [0.2, 0.25) is 0 Å². The molecule has 0 spiro atoms. The number of carbonyl (C=O) groups excluding carboxylic acids is 1. The van der Waals surface area contributed by atoms with Crippen molar-refractivity contribution < 1.29 is 9.53 Å². The SMILES string of the molecule is O=C(C=CC1CCCOC1)CBr. The molecule has 1 aliphatic heterocycles. The molecule has 1 atom stereocenters. The van der Waals surface area contributed by atoms with Gasteiger partial charge in [0.25, 0.3) is 0 Å². The van der Waals surface area contributed by atoms with Crippen molar-refractivity contribution in [3.05, 3.63) is 12.2 Å². The second-order valence-corrected chi connectivity index (χ2v) is 3.50. The van der Waals surface area contributed by atoms with Gasteiger partial charge in [-0.1, -0.05) is 22.0 Å². The van der Waals surface area contributed by atoms with Gasteiger partial charge in [0.15, 0.2) is 5.78 Å². The fourth-order valence-electron chi connectivity index (χ4n) is 1.21. The molecule has 0 aromatic rings. The molecule has 0 N–H and O–H groups in total. The largest absolute Gasteiger partial charge is 0.381 e. The van der Waals surface area contributed by atoms with Gasteiger partial charge in [0, 0.05) is 12.5 Å². The van der Waals surface area contributed by atoms with Gasteiger partial charge in [-0.15, -0.1) is 0 Å². The Kier molecular flexibility index (Phi) is 4.54. The molecule has 1 aliphatic rings. The first kappa shape index (κ1) is 9.93. The summed E-state index contributed by atoms with van der Waals surface area (Å²) in [5, 5.41) is 0.414. The zero-order chi connectivity index (χ0) is 8.81. The summed E-state index contributed by atoms with van der Waals surface area (Å²) in [5.74, 6) is 0.572. The second kappa shape index (κ2) is 5.49. The molecule has 68 valence electrons. The highest BCUT2D eigenvalue weighted by molar-refractivity contribution is 9.09. The van der Waals surface area contributed by atoms with Gasteiger partial charge < -0.3 is 4.74 Å². The Hall–Kier alpha value is -0.150. The zero-order valence-corrected chi connectivity index (χ0v) is 8.55. The van der Waals surface area contributed by atoms with Crippen LogP contribution in [0, 0.1) is 5.92 Å². The van der Waals surface area contributed by atoms with Gasteiger partial charge in [0.05, 0.1) is 11.9 Å². The lowest BCUT2D eigenvalue weighted by Gasteiger charge is -2.18. The lowest BCUT2D eigenvalue weighted by atomic mass is 10.0. The Morgan fingerprint density at radius 1 is 1.67 bits per heavy atom. The van der Waals surface area contributed by atoms with E-state index in [4.69, 9.17) is 4.74 Å². The molecule has 0 aromatic carbocycles. The summed E-state index contributed by atoms with van der Waals surface area (Å²) >= 11 is 3.11. The van der Waals surface area contributed by atoms with Gasteiger partial charge in [-0.25, -0.2) is 0 Å². The minimum atomic E-state index is 0.126. The summed E-state index contributed by atoms with van der Waals surface area (Å²) in [7, 11) is 0. The fourth-order valence-corrected chi connectivity index (χ4v) is 1.39. The van der Waals surface area contributed by atoms with Crippen molar-refractivity contribution in [3.8, 4) is 0 Å². The topological polar surface area (TPSA) is 26.3 Å². The third-order valence-electron chi connectivity index (χ3n) is 1.88. The van der Waals surface area contributed by atoms with Crippen molar-refractivity contribution in [2.24, 2.45) is 5.92 Å². The standard InChI is InChI=1S/C9H13BrO2/c10-6-9(11)4-3-8-2-1-5-12-7-8/h3-4,8H,1-2,5-7H2. The molecule has 2 nitrogen and oxygen atoms in total. The summed E-state index contributed by atoms with van der Waals surface area (Å²) in [5.41, 5.74) is 0. The van der Waals surface area contributed by atoms with E-state index in [0.29, 0.717) is 11.2 Å². The Bertz CT molecular complexity index is 171. The molecule has 0 aromatic heterocycles. The molecular weight excluding hydrogens is 220 g/mol. The predicted octanol–water partition coefficient (Wildman–Crippen LogP) is 1.93. The smallest absolute Gasteiger partial charge is 0.165 e. The normalized spacial score (nSPS) is 24.6. The van der Waals surface area contributed by atoms with Crippen molar-refractivity contribution >= 4 is 21.7 Å². The number of halogens is 1. The first-order chi connectivity index (χ1) is 5.83. The number of allylic oxidation sites excluding steroid dienone is 1. The van der Waals surface area contributed by atoms with Crippen molar-refractivity contribution in [1.82, 2.24) is 0 Å². The van der Waals surface area contributed by atoms with Crippen molar-refractivity contribution in [3.63, 3.8) is 0 Å². The summed E-state index contributed by atoms with van der Waals surface area (Å²) in [6.45, 7) is 1.64. The summed E-state index contributed by atoms with van der Waals surface area (Å²) in [6.07, 6.45) is 5.86. The third-order valence-corrected chi connectivity index (χ3v) is 2.43. The van der Waals surface area contributed by atoms with Gasteiger partial charge in [-0.05, 0) is 18.9 Å². The van der Waals surface area contributed by atoms with Crippen LogP contribution in [-0.2, 0) is 9.53 Å². The number of rotatable bonds is 3. The van der Waals surface area contributed by atoms with Crippen LogP contribution in [0.25, 0.3) is 0 Å². The highest BCUT2D eigenvalue weighted by Gasteiger charge is 2.10. The average molecular weight is 233 g/mol. The Balaban J connectivity index is 2.28. The molecule has 0 aliphatic carbocycles. The van der Waals surface area contributed by atoms with E-state index in [0.717, 1.165) is 26.1 Å². The number of carbonyl (C=O) groups is 1. The molecule has 1 rings (SSSR count). The lowest BCUT2D eigenvalue weighted by Crippen LogP contribution is -2.15. The van der Waals surface area contributed by atoms with Gasteiger partial charge >= 0.3 is 0 Å². The molecule has 1 heterocycles. The molecule has 1 saturated heterocycles. The van der Waals surface area contributed by atoms with Crippen LogP contribution in [-0.4, -0.2) is 24.3 Å². The van der Waals surface area contributed by atoms with Crippen LogP contribution in [0.4, 0.5) is 0 Å². The molecular formula is C9H13BrO2. The van der Waals surface area contributed by atoms with Crippen molar-refractivity contribution in [2.45, 2.75) is 12.8 Å². The van der Waals surface area contributed by atoms with E-state index in [9.17, 15) is 4.79 Å². The molecule has 0 bridgehead atoms. The van der Waals surface area contributed by atoms with E-state index in [1.165, 1.54) is 0 Å². The van der Waals surface area contributed by atoms with Crippen LogP contribution in [0.15, 0.2) is 12.2 Å². The number of hydrogen-bond acceptors (Lipinski definition) is 2. The fraction of sp³-hybridized carbons (Fsp3) is 0.667. The van der Waals surface area contributed by atoms with Gasteiger partial charge in [-0.2, -0.15) is 0 Å². The predicted molar refractivity (Wildman–Crippen MR) is 51.5 cm³/mol. The van der Waals surface area contributed by atoms with Gasteiger partial charge in [-0.3, -0.25) is 4.79 Å². The summed E-state index contributed by atoms with van der Waals surface area (Å²) < 4.78 is 5.27. The first-order valence-electron chi connectivity index (χ1n) is 4.17. The van der Waals surface area contributed by atoms with Crippen molar-refractivity contribution in [2.75, 3.05) is 18.5 Å². The maximum absolute atomic E-state index is 10.9.